The third-order valence-electron chi connectivity index (χ3n) is 3.24. The SMILES string of the molecule is O=C(O)c1cnc2c(-c3cc(F)cc(F)c3F)cccc2c1. The molecule has 0 atom stereocenters. The van der Waals surface area contributed by atoms with Gasteiger partial charge >= 0.3 is 5.97 Å². The van der Waals surface area contributed by atoms with Crippen LogP contribution < -0.4 is 0 Å². The molecule has 1 aromatic heterocycles. The smallest absolute Gasteiger partial charge is 0.337 e. The summed E-state index contributed by atoms with van der Waals surface area (Å²) in [6.07, 6.45) is 1.11. The predicted octanol–water partition coefficient (Wildman–Crippen LogP) is 4.02. The van der Waals surface area contributed by atoms with E-state index in [0.29, 0.717) is 11.5 Å². The van der Waals surface area contributed by atoms with Gasteiger partial charge in [-0.25, -0.2) is 18.0 Å². The number of rotatable bonds is 2. The molecule has 0 aliphatic carbocycles. The van der Waals surface area contributed by atoms with Gasteiger partial charge in [0, 0.05) is 28.8 Å². The molecule has 1 heterocycles. The Hall–Kier alpha value is -2.89. The van der Waals surface area contributed by atoms with Crippen molar-refractivity contribution in [3.05, 3.63) is 65.6 Å². The summed E-state index contributed by atoms with van der Waals surface area (Å²) in [6, 6.07) is 7.29. The lowest BCUT2D eigenvalue weighted by molar-refractivity contribution is 0.0696. The minimum absolute atomic E-state index is 0.0319. The van der Waals surface area contributed by atoms with Gasteiger partial charge < -0.3 is 5.11 Å². The van der Waals surface area contributed by atoms with Crippen LogP contribution >= 0.6 is 0 Å². The molecule has 22 heavy (non-hydrogen) atoms. The fraction of sp³-hybridized carbons (Fsp3) is 0. The maximum absolute atomic E-state index is 13.9. The first kappa shape index (κ1) is 14.1. The lowest BCUT2D eigenvalue weighted by atomic mass is 10.0. The maximum atomic E-state index is 13.9. The molecule has 0 unspecified atom stereocenters. The predicted molar refractivity (Wildman–Crippen MR) is 74.0 cm³/mol. The molecule has 3 nitrogen and oxygen atoms in total. The summed E-state index contributed by atoms with van der Waals surface area (Å²) >= 11 is 0. The summed E-state index contributed by atoms with van der Waals surface area (Å²) in [5.74, 6) is -4.54. The highest BCUT2D eigenvalue weighted by molar-refractivity contribution is 5.98. The molecular weight excluding hydrogens is 295 g/mol. The van der Waals surface area contributed by atoms with Crippen molar-refractivity contribution in [3.63, 3.8) is 0 Å². The minimum Gasteiger partial charge on any atom is -0.478 e. The Labute approximate surface area is 122 Å². The highest BCUT2D eigenvalue weighted by Crippen LogP contribution is 2.31. The normalized spacial score (nSPS) is 10.9. The third-order valence-corrected chi connectivity index (χ3v) is 3.24. The molecule has 0 bridgehead atoms. The molecule has 3 aromatic rings. The minimum atomic E-state index is -1.30. The number of halogens is 3. The van der Waals surface area contributed by atoms with Gasteiger partial charge in [0.05, 0.1) is 11.1 Å². The Balaban J connectivity index is 2.30. The van der Waals surface area contributed by atoms with Gasteiger partial charge in [0.2, 0.25) is 0 Å². The molecule has 0 aliphatic rings. The van der Waals surface area contributed by atoms with Crippen molar-refractivity contribution in [2.75, 3.05) is 0 Å². The Morgan fingerprint density at radius 3 is 2.55 bits per heavy atom. The summed E-state index contributed by atoms with van der Waals surface area (Å²) in [5, 5.41) is 9.38. The lowest BCUT2D eigenvalue weighted by Gasteiger charge is -2.08. The first-order chi connectivity index (χ1) is 10.5. The van der Waals surface area contributed by atoms with Crippen molar-refractivity contribution in [1.29, 1.82) is 0 Å². The van der Waals surface area contributed by atoms with Crippen LogP contribution in [0.15, 0.2) is 42.6 Å². The average molecular weight is 303 g/mol. The van der Waals surface area contributed by atoms with Gasteiger partial charge in [0.25, 0.3) is 0 Å². The number of aromatic nitrogens is 1. The van der Waals surface area contributed by atoms with Crippen LogP contribution in [0.4, 0.5) is 13.2 Å². The Morgan fingerprint density at radius 1 is 1.05 bits per heavy atom. The summed E-state index contributed by atoms with van der Waals surface area (Å²) in [5.41, 5.74) is 0.149. The summed E-state index contributed by atoms with van der Waals surface area (Å²) < 4.78 is 40.7. The standard InChI is InChI=1S/C16H8F3NO2/c17-10-5-12(14(19)13(18)6-10)11-3-1-2-8-4-9(16(21)22)7-20-15(8)11/h1-7H,(H,21,22). The number of pyridine rings is 1. The molecule has 1 N–H and O–H groups in total. The summed E-state index contributed by atoms with van der Waals surface area (Å²) in [4.78, 5) is 14.9. The third kappa shape index (κ3) is 2.28. The van der Waals surface area contributed by atoms with Crippen molar-refractivity contribution >= 4 is 16.9 Å². The molecule has 3 rings (SSSR count). The van der Waals surface area contributed by atoms with Crippen LogP contribution in [0.25, 0.3) is 22.0 Å². The molecule has 2 aromatic carbocycles. The molecule has 0 aliphatic heterocycles. The van der Waals surface area contributed by atoms with E-state index in [1.165, 1.54) is 18.2 Å². The molecule has 0 saturated carbocycles. The van der Waals surface area contributed by atoms with Gasteiger partial charge in [0.1, 0.15) is 5.82 Å². The second-order valence-corrected chi connectivity index (χ2v) is 4.66. The summed E-state index contributed by atoms with van der Waals surface area (Å²) in [6.45, 7) is 0. The van der Waals surface area contributed by atoms with Gasteiger partial charge in [-0.1, -0.05) is 18.2 Å². The number of nitrogens with zero attached hydrogens (tertiary/aromatic N) is 1. The molecule has 0 spiro atoms. The molecule has 0 fully saturated rings. The summed E-state index contributed by atoms with van der Waals surface area (Å²) in [7, 11) is 0. The van der Waals surface area contributed by atoms with E-state index in [2.05, 4.69) is 4.98 Å². The number of benzene rings is 2. The fourth-order valence-corrected chi connectivity index (χ4v) is 2.25. The zero-order valence-electron chi connectivity index (χ0n) is 11.0. The largest absolute Gasteiger partial charge is 0.478 e. The lowest BCUT2D eigenvalue weighted by Crippen LogP contribution is -1.98. The van der Waals surface area contributed by atoms with Crippen LogP contribution in [0, 0.1) is 17.5 Å². The molecule has 0 saturated heterocycles. The van der Waals surface area contributed by atoms with Gasteiger partial charge in [-0.15, -0.1) is 0 Å². The second kappa shape index (κ2) is 5.14. The zero-order valence-corrected chi connectivity index (χ0v) is 11.0. The monoisotopic (exact) mass is 303 g/mol. The van der Waals surface area contributed by atoms with E-state index in [1.807, 2.05) is 0 Å². The first-order valence-electron chi connectivity index (χ1n) is 6.24. The number of hydrogen-bond acceptors (Lipinski definition) is 2. The molecular formula is C16H8F3NO2. The Bertz CT molecular complexity index is 909. The Morgan fingerprint density at radius 2 is 1.82 bits per heavy atom. The van der Waals surface area contributed by atoms with Gasteiger partial charge in [-0.2, -0.15) is 0 Å². The van der Waals surface area contributed by atoms with Crippen molar-refractivity contribution < 1.29 is 23.1 Å². The van der Waals surface area contributed by atoms with Crippen LogP contribution in [0.3, 0.4) is 0 Å². The van der Waals surface area contributed by atoms with Crippen LogP contribution in [0.1, 0.15) is 10.4 Å². The van der Waals surface area contributed by atoms with Crippen LogP contribution in [0.2, 0.25) is 0 Å². The van der Waals surface area contributed by atoms with Crippen LogP contribution in [0.5, 0.6) is 0 Å². The molecule has 110 valence electrons. The quantitative estimate of drug-likeness (QED) is 0.727. The number of carbonyl (C=O) groups is 1. The number of carboxylic acids is 1. The van der Waals surface area contributed by atoms with E-state index in [9.17, 15) is 18.0 Å². The average Bonchev–Trinajstić information content (AvgIpc) is 2.49. The number of hydrogen-bond donors (Lipinski definition) is 1. The van der Waals surface area contributed by atoms with Gasteiger partial charge in [0.15, 0.2) is 11.6 Å². The first-order valence-corrected chi connectivity index (χ1v) is 6.24. The van der Waals surface area contributed by atoms with Crippen molar-refractivity contribution in [1.82, 2.24) is 4.98 Å². The second-order valence-electron chi connectivity index (χ2n) is 4.66. The highest BCUT2D eigenvalue weighted by Gasteiger charge is 2.16. The number of para-hydroxylation sites is 1. The van der Waals surface area contributed by atoms with E-state index in [4.69, 9.17) is 5.11 Å². The van der Waals surface area contributed by atoms with E-state index >= 15 is 0 Å². The van der Waals surface area contributed by atoms with Gasteiger partial charge in [-0.05, 0) is 12.1 Å². The highest BCUT2D eigenvalue weighted by atomic mass is 19.2. The van der Waals surface area contributed by atoms with Crippen LogP contribution in [-0.2, 0) is 0 Å². The van der Waals surface area contributed by atoms with Crippen molar-refractivity contribution in [2.24, 2.45) is 0 Å². The molecule has 6 heteroatoms. The topological polar surface area (TPSA) is 50.2 Å². The Kier molecular flexibility index (Phi) is 3.29. The molecule has 0 amide bonds. The molecule has 0 radical (unpaired) electrons. The number of fused-ring (bicyclic) bond motifs is 1. The van der Waals surface area contributed by atoms with Gasteiger partial charge in [-0.3, -0.25) is 4.98 Å². The van der Waals surface area contributed by atoms with E-state index < -0.39 is 23.4 Å². The van der Waals surface area contributed by atoms with E-state index in [1.54, 1.807) is 6.07 Å². The zero-order chi connectivity index (χ0) is 15.9. The number of carboxylic acid groups (broad SMARTS) is 1. The van der Waals surface area contributed by atoms with Crippen molar-refractivity contribution in [3.8, 4) is 11.1 Å². The number of aromatic carboxylic acids is 1. The van der Waals surface area contributed by atoms with E-state index in [0.717, 1.165) is 12.3 Å². The van der Waals surface area contributed by atoms with Crippen LogP contribution in [-0.4, -0.2) is 16.1 Å². The maximum Gasteiger partial charge on any atom is 0.337 e. The van der Waals surface area contributed by atoms with E-state index in [-0.39, 0.29) is 22.2 Å². The fourth-order valence-electron chi connectivity index (χ4n) is 2.25. The van der Waals surface area contributed by atoms with Crippen molar-refractivity contribution in [2.45, 2.75) is 0 Å².